The van der Waals surface area contributed by atoms with E-state index in [1.807, 2.05) is 19.3 Å². The van der Waals surface area contributed by atoms with Gasteiger partial charge in [-0.05, 0) is 38.6 Å². The van der Waals surface area contributed by atoms with E-state index in [4.69, 9.17) is 9.72 Å². The van der Waals surface area contributed by atoms with Gasteiger partial charge in [0.1, 0.15) is 17.1 Å². The number of nitrogens with zero attached hydrogens (tertiary/aromatic N) is 5. The van der Waals surface area contributed by atoms with Gasteiger partial charge < -0.3 is 14.5 Å². The van der Waals surface area contributed by atoms with Crippen molar-refractivity contribution in [1.82, 2.24) is 19.9 Å². The van der Waals surface area contributed by atoms with Gasteiger partial charge in [-0.25, -0.2) is 15.0 Å². The summed E-state index contributed by atoms with van der Waals surface area (Å²) in [5, 5.41) is 1.13. The number of pyridine rings is 1. The van der Waals surface area contributed by atoms with E-state index in [1.54, 1.807) is 7.11 Å². The second kappa shape index (κ2) is 7.12. The predicted molar refractivity (Wildman–Crippen MR) is 109 cm³/mol. The molecular formula is C21H25N5O. The summed E-state index contributed by atoms with van der Waals surface area (Å²) in [7, 11) is 3.88. The highest BCUT2D eigenvalue weighted by Gasteiger charge is 2.18. The molecule has 0 spiro atoms. The Morgan fingerprint density at radius 1 is 0.963 bits per heavy atom. The minimum atomic E-state index is 0.755. The van der Waals surface area contributed by atoms with Gasteiger partial charge in [0.15, 0.2) is 0 Å². The van der Waals surface area contributed by atoms with E-state index in [2.05, 4.69) is 51.9 Å². The molecule has 0 atom stereocenters. The molecule has 6 nitrogen and oxygen atoms in total. The number of aryl methyl sites for hydroxylation is 2. The minimum absolute atomic E-state index is 0.755. The third kappa shape index (κ3) is 3.45. The summed E-state index contributed by atoms with van der Waals surface area (Å²) in [4.78, 5) is 18.2. The number of ether oxygens (including phenoxy) is 1. The van der Waals surface area contributed by atoms with Gasteiger partial charge in [0, 0.05) is 61.3 Å². The van der Waals surface area contributed by atoms with Crippen molar-refractivity contribution in [2.45, 2.75) is 13.8 Å². The molecule has 1 saturated heterocycles. The third-order valence-electron chi connectivity index (χ3n) is 5.24. The van der Waals surface area contributed by atoms with Crippen LogP contribution in [0.25, 0.3) is 22.2 Å². The molecule has 2 aromatic heterocycles. The van der Waals surface area contributed by atoms with Crippen LogP contribution in [0.2, 0.25) is 0 Å². The number of fused-ring (bicyclic) bond motifs is 1. The van der Waals surface area contributed by atoms with Gasteiger partial charge in [0.05, 0.1) is 12.8 Å². The maximum absolute atomic E-state index is 5.71. The van der Waals surface area contributed by atoms with Crippen molar-refractivity contribution in [1.29, 1.82) is 0 Å². The molecule has 0 radical (unpaired) electrons. The van der Waals surface area contributed by atoms with E-state index in [-0.39, 0.29) is 0 Å². The van der Waals surface area contributed by atoms with Crippen molar-refractivity contribution in [3.05, 3.63) is 42.0 Å². The molecule has 0 aliphatic carbocycles. The summed E-state index contributed by atoms with van der Waals surface area (Å²) in [6.45, 7) is 8.20. The lowest BCUT2D eigenvalue weighted by Gasteiger charge is -2.34. The van der Waals surface area contributed by atoms with Gasteiger partial charge in [0.25, 0.3) is 0 Å². The van der Waals surface area contributed by atoms with Gasteiger partial charge >= 0.3 is 0 Å². The summed E-state index contributed by atoms with van der Waals surface area (Å²) in [6, 6.07) is 6.44. The zero-order valence-electron chi connectivity index (χ0n) is 16.4. The van der Waals surface area contributed by atoms with E-state index >= 15 is 0 Å². The highest BCUT2D eigenvalue weighted by atomic mass is 16.5. The molecule has 0 unspecified atom stereocenters. The van der Waals surface area contributed by atoms with Crippen LogP contribution in [0.3, 0.4) is 0 Å². The maximum Gasteiger partial charge on any atom is 0.147 e. The van der Waals surface area contributed by atoms with Crippen LogP contribution in [0.5, 0.6) is 5.75 Å². The fourth-order valence-electron chi connectivity index (χ4n) is 3.52. The number of piperazine rings is 1. The molecular weight excluding hydrogens is 338 g/mol. The summed E-state index contributed by atoms with van der Waals surface area (Å²) < 4.78 is 5.71. The Bertz CT molecular complexity index is 962. The zero-order chi connectivity index (χ0) is 19.0. The molecule has 0 bridgehead atoms. The Kier molecular flexibility index (Phi) is 4.66. The van der Waals surface area contributed by atoms with Gasteiger partial charge in [0.2, 0.25) is 0 Å². The van der Waals surface area contributed by atoms with Gasteiger partial charge in [-0.15, -0.1) is 0 Å². The topological polar surface area (TPSA) is 54.4 Å². The predicted octanol–water partition coefficient (Wildman–Crippen LogP) is 3.07. The molecule has 27 heavy (non-hydrogen) atoms. The molecule has 0 saturated carbocycles. The highest BCUT2D eigenvalue weighted by molar-refractivity contribution is 5.92. The van der Waals surface area contributed by atoms with Gasteiger partial charge in [-0.1, -0.05) is 0 Å². The molecule has 140 valence electrons. The summed E-state index contributed by atoms with van der Waals surface area (Å²) in [5.74, 6) is 1.56. The zero-order valence-corrected chi connectivity index (χ0v) is 16.4. The number of hydrogen-bond acceptors (Lipinski definition) is 6. The molecule has 0 N–H and O–H groups in total. The number of benzene rings is 1. The number of anilines is 1. The molecule has 3 heterocycles. The molecule has 4 rings (SSSR count). The molecule has 1 aliphatic rings. The van der Waals surface area contributed by atoms with E-state index in [0.29, 0.717) is 0 Å². The van der Waals surface area contributed by atoms with Crippen molar-refractivity contribution in [3.63, 3.8) is 0 Å². The molecule has 1 fully saturated rings. The van der Waals surface area contributed by atoms with Crippen molar-refractivity contribution in [2.24, 2.45) is 0 Å². The van der Waals surface area contributed by atoms with E-state index in [0.717, 1.165) is 59.9 Å². The molecule has 0 amide bonds. The summed E-state index contributed by atoms with van der Waals surface area (Å²) in [5.41, 5.74) is 5.03. The Balaban J connectivity index is 1.80. The Morgan fingerprint density at radius 2 is 1.67 bits per heavy atom. The first-order valence-electron chi connectivity index (χ1n) is 9.27. The average Bonchev–Trinajstić information content (AvgIpc) is 2.68. The smallest absolute Gasteiger partial charge is 0.147 e. The second-order valence-electron chi connectivity index (χ2n) is 7.18. The monoisotopic (exact) mass is 363 g/mol. The Morgan fingerprint density at radius 3 is 2.33 bits per heavy atom. The quantitative estimate of drug-likeness (QED) is 0.713. The summed E-state index contributed by atoms with van der Waals surface area (Å²) >= 11 is 0. The number of likely N-dealkylation sites (N-methyl/N-ethyl adjacent to an activating group) is 1. The van der Waals surface area contributed by atoms with Crippen LogP contribution in [0.15, 0.2) is 30.6 Å². The molecule has 1 aromatic carbocycles. The van der Waals surface area contributed by atoms with Crippen molar-refractivity contribution in [2.75, 3.05) is 45.2 Å². The van der Waals surface area contributed by atoms with E-state index in [9.17, 15) is 0 Å². The van der Waals surface area contributed by atoms with E-state index in [1.165, 1.54) is 11.3 Å². The summed E-state index contributed by atoms with van der Waals surface area (Å²) in [6.07, 6.45) is 3.64. The molecule has 6 heteroatoms. The van der Waals surface area contributed by atoms with Crippen LogP contribution in [0.1, 0.15) is 11.4 Å². The fourth-order valence-corrected chi connectivity index (χ4v) is 3.52. The normalized spacial score (nSPS) is 15.3. The first kappa shape index (κ1) is 17.7. The minimum Gasteiger partial charge on any atom is -0.494 e. The maximum atomic E-state index is 5.71. The lowest BCUT2D eigenvalue weighted by molar-refractivity contribution is 0.312. The lowest BCUT2D eigenvalue weighted by Crippen LogP contribution is -2.44. The highest BCUT2D eigenvalue weighted by Crippen LogP contribution is 2.34. The first-order chi connectivity index (χ1) is 13.0. The fraction of sp³-hybridized carbons (Fsp3) is 0.381. The standard InChI is InChI=1S/C21H25N5O/c1-14-9-19(16-12-22-15(2)23-13-16)24-21-18(14)10-17(11-20(21)27-4)26-7-5-25(3)6-8-26/h9-13H,5-8H2,1-4H3. The lowest BCUT2D eigenvalue weighted by atomic mass is 10.0. The van der Waals surface area contributed by atoms with Crippen molar-refractivity contribution >= 4 is 16.6 Å². The number of hydrogen-bond donors (Lipinski definition) is 0. The second-order valence-corrected chi connectivity index (χ2v) is 7.18. The van der Waals surface area contributed by atoms with Crippen LogP contribution in [0.4, 0.5) is 5.69 Å². The SMILES string of the molecule is COc1cc(N2CCN(C)CC2)cc2c(C)cc(-c3cnc(C)nc3)nc12. The Labute approximate surface area is 159 Å². The van der Waals surface area contributed by atoms with Gasteiger partial charge in [-0.3, -0.25) is 0 Å². The number of methoxy groups -OCH3 is 1. The van der Waals surface area contributed by atoms with Crippen molar-refractivity contribution < 1.29 is 4.74 Å². The van der Waals surface area contributed by atoms with Crippen molar-refractivity contribution in [3.8, 4) is 17.0 Å². The van der Waals surface area contributed by atoms with Crippen LogP contribution >= 0.6 is 0 Å². The average molecular weight is 363 g/mol. The van der Waals surface area contributed by atoms with E-state index < -0.39 is 0 Å². The largest absolute Gasteiger partial charge is 0.494 e. The molecule has 1 aliphatic heterocycles. The Hall–Kier alpha value is -2.73. The van der Waals surface area contributed by atoms with Gasteiger partial charge in [-0.2, -0.15) is 0 Å². The van der Waals surface area contributed by atoms with Crippen LogP contribution in [0, 0.1) is 13.8 Å². The molecule has 3 aromatic rings. The number of aromatic nitrogens is 3. The third-order valence-corrected chi connectivity index (χ3v) is 5.24. The number of rotatable bonds is 3. The first-order valence-corrected chi connectivity index (χ1v) is 9.27. The van der Waals surface area contributed by atoms with Crippen LogP contribution < -0.4 is 9.64 Å². The van der Waals surface area contributed by atoms with Crippen LogP contribution in [-0.4, -0.2) is 60.2 Å². The van der Waals surface area contributed by atoms with Crippen LogP contribution in [-0.2, 0) is 0 Å².